The molecule has 0 aromatic heterocycles. The molecule has 2 amide bonds. The molecule has 1 saturated carbocycles. The number of likely N-dealkylation sites (N-methyl/N-ethyl adjacent to an activating group) is 1. The number of rotatable bonds is 6. The van der Waals surface area contributed by atoms with E-state index >= 15 is 0 Å². The number of fused-ring (bicyclic) bond motifs is 3. The number of aromatic hydroxyl groups is 1. The molecule has 250 valence electrons. The number of Topliss-reactive ketones (excluding diaryl/α,β-unsaturated/α-hetero) is 2. The number of ketones is 2. The smallest absolute Gasteiger partial charge is 0.255 e. The van der Waals surface area contributed by atoms with Crippen LogP contribution in [-0.2, 0) is 25.6 Å². The van der Waals surface area contributed by atoms with Crippen molar-refractivity contribution < 1.29 is 48.4 Å². The summed E-state index contributed by atoms with van der Waals surface area (Å²) < 4.78 is 27.9. The van der Waals surface area contributed by atoms with Gasteiger partial charge in [-0.15, -0.1) is 0 Å². The summed E-state index contributed by atoms with van der Waals surface area (Å²) in [4.78, 5) is 54.4. The number of nitrogens with one attached hydrogen (secondary N) is 1. The Hall–Kier alpha value is -4.05. The zero-order valence-corrected chi connectivity index (χ0v) is 27.7. The van der Waals surface area contributed by atoms with Crippen molar-refractivity contribution in [2.24, 2.45) is 17.6 Å². The van der Waals surface area contributed by atoms with Crippen LogP contribution in [0.15, 0.2) is 35.1 Å². The first kappa shape index (κ1) is 34.3. The lowest BCUT2D eigenvalue weighted by molar-refractivity contribution is -0.153. The molecule has 16 heteroatoms. The number of benzene rings is 2. The van der Waals surface area contributed by atoms with Crippen LogP contribution in [0.4, 0.5) is 20.2 Å². The van der Waals surface area contributed by atoms with E-state index in [1.807, 2.05) is 0 Å². The van der Waals surface area contributed by atoms with E-state index in [0.717, 1.165) is 12.1 Å². The fourth-order valence-electron chi connectivity index (χ4n) is 6.94. The standard InChI is InChI=1S/C31H30BrClF2N4O8/c1-38(2)22-13-7-10-8-14-23(39(3)4)26(42)18(29(36)45)28(44)31(14,47)27(43)16(10)24(40)17(13)25(41)21(20(22)33)37-30(46)19(32)12-6-5-11(34)9-15(12)35/h5-6,9-10,14,19,23,40-41,44,47H,7-8H2,1-4H3,(H2,36,45)(H,37,46)/t10?,14?,19?,23-,31-/m0/s1. The van der Waals surface area contributed by atoms with Crippen molar-refractivity contribution in [2.75, 3.05) is 38.4 Å². The zero-order chi connectivity index (χ0) is 35.0. The molecule has 0 spiro atoms. The summed E-state index contributed by atoms with van der Waals surface area (Å²) in [6, 6.07) is 1.35. The number of anilines is 2. The van der Waals surface area contributed by atoms with Crippen LogP contribution in [0.25, 0.3) is 5.76 Å². The molecule has 3 aliphatic rings. The minimum atomic E-state index is -2.84. The Morgan fingerprint density at radius 3 is 2.34 bits per heavy atom. The number of halogens is 4. The van der Waals surface area contributed by atoms with Crippen molar-refractivity contribution in [3.05, 3.63) is 68.5 Å². The van der Waals surface area contributed by atoms with Gasteiger partial charge in [-0.2, -0.15) is 0 Å². The average molecular weight is 740 g/mol. The highest BCUT2D eigenvalue weighted by molar-refractivity contribution is 9.09. The van der Waals surface area contributed by atoms with Gasteiger partial charge in [0.2, 0.25) is 11.7 Å². The monoisotopic (exact) mass is 738 g/mol. The maximum absolute atomic E-state index is 14.4. The minimum Gasteiger partial charge on any atom is -0.508 e. The van der Waals surface area contributed by atoms with Gasteiger partial charge in [0, 0.05) is 37.2 Å². The Balaban J connectivity index is 1.68. The molecule has 3 aliphatic carbocycles. The summed E-state index contributed by atoms with van der Waals surface area (Å²) in [5.41, 5.74) is 0.731. The average Bonchev–Trinajstić information content (AvgIpc) is 2.96. The van der Waals surface area contributed by atoms with Gasteiger partial charge in [-0.3, -0.25) is 24.1 Å². The van der Waals surface area contributed by atoms with Crippen molar-refractivity contribution in [1.29, 1.82) is 0 Å². The summed E-state index contributed by atoms with van der Waals surface area (Å²) >= 11 is 9.80. The molecular weight excluding hydrogens is 710 g/mol. The summed E-state index contributed by atoms with van der Waals surface area (Å²) in [5.74, 6) is -11.2. The Bertz CT molecular complexity index is 1850. The van der Waals surface area contributed by atoms with Crippen LogP contribution in [-0.4, -0.2) is 88.5 Å². The van der Waals surface area contributed by atoms with E-state index in [2.05, 4.69) is 21.2 Å². The number of aliphatic hydroxyl groups excluding tert-OH is 2. The molecule has 47 heavy (non-hydrogen) atoms. The summed E-state index contributed by atoms with van der Waals surface area (Å²) in [7, 11) is 6.19. The second-order valence-corrected chi connectivity index (χ2v) is 13.4. The highest BCUT2D eigenvalue weighted by Gasteiger charge is 2.64. The molecular formula is C31H30BrClF2N4O8. The van der Waals surface area contributed by atoms with Gasteiger partial charge in [0.15, 0.2) is 17.1 Å². The number of carbonyl (C=O) groups excluding carboxylic acids is 4. The molecule has 2 aromatic carbocycles. The molecule has 5 rings (SSSR count). The van der Waals surface area contributed by atoms with Crippen LogP contribution in [0.5, 0.6) is 5.75 Å². The van der Waals surface area contributed by atoms with E-state index in [0.29, 0.717) is 6.07 Å². The Labute approximate surface area is 280 Å². The Morgan fingerprint density at radius 1 is 1.15 bits per heavy atom. The number of primary amides is 1. The molecule has 5 atom stereocenters. The molecule has 2 aromatic rings. The van der Waals surface area contributed by atoms with Crippen LogP contribution in [0.3, 0.4) is 0 Å². The van der Waals surface area contributed by atoms with Crippen LogP contribution in [0.1, 0.15) is 27.9 Å². The minimum absolute atomic E-state index is 0.0502. The highest BCUT2D eigenvalue weighted by atomic mass is 79.9. The van der Waals surface area contributed by atoms with Crippen LogP contribution >= 0.6 is 27.5 Å². The number of nitrogens with two attached hydrogens (primary N) is 1. The van der Waals surface area contributed by atoms with E-state index < -0.39 is 97.4 Å². The van der Waals surface area contributed by atoms with Gasteiger partial charge in [0.25, 0.3) is 5.91 Å². The van der Waals surface area contributed by atoms with Gasteiger partial charge >= 0.3 is 0 Å². The Morgan fingerprint density at radius 2 is 1.79 bits per heavy atom. The molecule has 0 heterocycles. The maximum Gasteiger partial charge on any atom is 0.255 e. The highest BCUT2D eigenvalue weighted by Crippen LogP contribution is 2.56. The number of phenols is 1. The number of aliphatic hydroxyl groups is 3. The number of amides is 2. The number of hydrogen-bond acceptors (Lipinski definition) is 10. The second-order valence-electron chi connectivity index (χ2n) is 12.1. The predicted octanol–water partition coefficient (Wildman–Crippen LogP) is 3.04. The topological polar surface area (TPSA) is 194 Å². The zero-order valence-electron chi connectivity index (χ0n) is 25.4. The third kappa shape index (κ3) is 5.07. The van der Waals surface area contributed by atoms with Crippen molar-refractivity contribution in [2.45, 2.75) is 29.3 Å². The quantitative estimate of drug-likeness (QED) is 0.146. The molecule has 7 N–H and O–H groups in total. The van der Waals surface area contributed by atoms with E-state index in [4.69, 9.17) is 17.3 Å². The fourth-order valence-corrected chi connectivity index (χ4v) is 7.85. The maximum atomic E-state index is 14.4. The van der Waals surface area contributed by atoms with Crippen molar-refractivity contribution in [3.63, 3.8) is 0 Å². The van der Waals surface area contributed by atoms with Gasteiger partial charge in [-0.25, -0.2) is 8.78 Å². The largest absolute Gasteiger partial charge is 0.508 e. The van der Waals surface area contributed by atoms with Crippen molar-refractivity contribution in [3.8, 4) is 5.75 Å². The van der Waals surface area contributed by atoms with E-state index in [9.17, 15) is 48.4 Å². The van der Waals surface area contributed by atoms with Gasteiger partial charge in [0.1, 0.15) is 39.2 Å². The first-order chi connectivity index (χ1) is 21.9. The molecule has 0 saturated heterocycles. The predicted molar refractivity (Wildman–Crippen MR) is 170 cm³/mol. The van der Waals surface area contributed by atoms with Gasteiger partial charge in [0.05, 0.1) is 22.3 Å². The number of hydrogen-bond donors (Lipinski definition) is 6. The van der Waals surface area contributed by atoms with Crippen LogP contribution < -0.4 is 16.0 Å². The van der Waals surface area contributed by atoms with E-state index in [-0.39, 0.29) is 40.2 Å². The number of alkyl halides is 1. The number of phenolic OH excluding ortho intramolecular Hbond substituents is 1. The Kier molecular flexibility index (Phi) is 8.67. The van der Waals surface area contributed by atoms with Gasteiger partial charge in [-0.05, 0) is 44.5 Å². The lowest BCUT2D eigenvalue weighted by atomic mass is 9.57. The summed E-state index contributed by atoms with van der Waals surface area (Å²) in [5, 5.41) is 48.2. The molecule has 0 radical (unpaired) electrons. The van der Waals surface area contributed by atoms with Gasteiger partial charge < -0.3 is 36.4 Å². The molecule has 0 aliphatic heterocycles. The normalized spacial score (nSPS) is 24.5. The second kappa shape index (κ2) is 11.9. The molecule has 12 nitrogen and oxygen atoms in total. The lowest BCUT2D eigenvalue weighted by Gasteiger charge is -2.50. The number of nitrogens with zero attached hydrogens (tertiary/aromatic N) is 2. The lowest BCUT2D eigenvalue weighted by Crippen LogP contribution is -2.65. The third-order valence-electron chi connectivity index (χ3n) is 8.96. The number of carbonyl (C=O) groups is 4. The summed E-state index contributed by atoms with van der Waals surface area (Å²) in [6.07, 6.45) is -0.185. The molecule has 0 bridgehead atoms. The summed E-state index contributed by atoms with van der Waals surface area (Å²) in [6.45, 7) is 0. The van der Waals surface area contributed by atoms with Crippen LogP contribution in [0.2, 0.25) is 5.02 Å². The molecule has 3 unspecified atom stereocenters. The third-order valence-corrected chi connectivity index (χ3v) is 10.2. The van der Waals surface area contributed by atoms with E-state index in [1.54, 1.807) is 19.0 Å². The van der Waals surface area contributed by atoms with Gasteiger partial charge in [-0.1, -0.05) is 33.6 Å². The van der Waals surface area contributed by atoms with Crippen molar-refractivity contribution in [1.82, 2.24) is 4.90 Å². The first-order valence-electron chi connectivity index (χ1n) is 14.1. The SMILES string of the molecule is CN(C)c1c(Cl)c(NC(=O)C(Br)c2ccc(F)cc2F)c(O)c2c1CC1CC3[C@H](N(C)C)C(=O)C(C(N)=O)=C(O)[C@@]3(O)C(=O)C1=C2O. The van der Waals surface area contributed by atoms with Crippen molar-refractivity contribution >= 4 is 68.0 Å². The molecule has 1 fully saturated rings. The van der Waals surface area contributed by atoms with Crippen LogP contribution in [0, 0.1) is 23.5 Å². The first-order valence-corrected chi connectivity index (χ1v) is 15.4. The fraction of sp³-hybridized carbons (Fsp3) is 0.355. The van der Waals surface area contributed by atoms with E-state index in [1.165, 1.54) is 19.0 Å².